The summed E-state index contributed by atoms with van der Waals surface area (Å²) in [6, 6.07) is 6.48. The topological polar surface area (TPSA) is 39.1 Å². The molecule has 21 heavy (non-hydrogen) atoms. The zero-order valence-corrected chi connectivity index (χ0v) is 13.7. The molecule has 1 aromatic heterocycles. The SMILES string of the molecule is CCNC(C)c1cc(C)ccc1OCc1ncc(Cl)n1C. The minimum atomic E-state index is 0.245. The van der Waals surface area contributed by atoms with Gasteiger partial charge in [0.2, 0.25) is 0 Å². The summed E-state index contributed by atoms with van der Waals surface area (Å²) < 4.78 is 7.78. The van der Waals surface area contributed by atoms with Crippen molar-refractivity contribution in [2.24, 2.45) is 7.05 Å². The van der Waals surface area contributed by atoms with Gasteiger partial charge in [-0.25, -0.2) is 4.98 Å². The first kappa shape index (κ1) is 15.9. The highest BCUT2D eigenvalue weighted by atomic mass is 35.5. The Morgan fingerprint density at radius 2 is 2.19 bits per heavy atom. The van der Waals surface area contributed by atoms with Gasteiger partial charge in [0.1, 0.15) is 23.3 Å². The van der Waals surface area contributed by atoms with E-state index in [2.05, 4.69) is 43.2 Å². The summed E-state index contributed by atoms with van der Waals surface area (Å²) in [6.07, 6.45) is 1.64. The molecule has 2 aromatic rings. The van der Waals surface area contributed by atoms with Crippen molar-refractivity contribution in [3.63, 3.8) is 0 Å². The fourth-order valence-electron chi connectivity index (χ4n) is 2.25. The van der Waals surface area contributed by atoms with Crippen LogP contribution in [0.15, 0.2) is 24.4 Å². The van der Waals surface area contributed by atoms with Gasteiger partial charge in [0.15, 0.2) is 0 Å². The third-order valence-corrected chi connectivity index (χ3v) is 3.88. The van der Waals surface area contributed by atoms with Crippen molar-refractivity contribution in [3.05, 3.63) is 46.5 Å². The van der Waals surface area contributed by atoms with E-state index < -0.39 is 0 Å². The lowest BCUT2D eigenvalue weighted by molar-refractivity contribution is 0.286. The first-order valence-corrected chi connectivity index (χ1v) is 7.53. The molecule has 1 atom stereocenters. The van der Waals surface area contributed by atoms with Crippen LogP contribution in [0.4, 0.5) is 0 Å². The molecular formula is C16H22ClN3O. The van der Waals surface area contributed by atoms with Crippen LogP contribution < -0.4 is 10.1 Å². The Labute approximate surface area is 131 Å². The van der Waals surface area contributed by atoms with Gasteiger partial charge in [0.25, 0.3) is 0 Å². The van der Waals surface area contributed by atoms with E-state index in [0.717, 1.165) is 23.7 Å². The number of imidazole rings is 1. The number of rotatable bonds is 6. The fourth-order valence-corrected chi connectivity index (χ4v) is 2.40. The van der Waals surface area contributed by atoms with Crippen LogP contribution in [0.1, 0.15) is 36.8 Å². The molecule has 0 radical (unpaired) electrons. The molecule has 0 spiro atoms. The summed E-state index contributed by atoms with van der Waals surface area (Å²) in [5.41, 5.74) is 2.39. The molecule has 0 aliphatic carbocycles. The van der Waals surface area contributed by atoms with E-state index >= 15 is 0 Å². The number of aryl methyl sites for hydroxylation is 1. The molecule has 0 saturated heterocycles. The van der Waals surface area contributed by atoms with Crippen LogP contribution in [0, 0.1) is 6.92 Å². The summed E-state index contributed by atoms with van der Waals surface area (Å²) in [5, 5.41) is 4.03. The lowest BCUT2D eigenvalue weighted by Crippen LogP contribution is -2.18. The maximum atomic E-state index is 5.99. The second-order valence-corrected chi connectivity index (χ2v) is 5.55. The molecule has 0 aliphatic rings. The fraction of sp³-hybridized carbons (Fsp3) is 0.438. The average Bonchev–Trinajstić information content (AvgIpc) is 2.78. The highest BCUT2D eigenvalue weighted by Gasteiger charge is 2.12. The normalized spacial score (nSPS) is 12.4. The quantitative estimate of drug-likeness (QED) is 0.885. The Kier molecular flexibility index (Phi) is 5.26. The van der Waals surface area contributed by atoms with E-state index in [0.29, 0.717) is 11.8 Å². The van der Waals surface area contributed by atoms with Crippen molar-refractivity contribution in [3.8, 4) is 5.75 Å². The maximum Gasteiger partial charge on any atom is 0.147 e. The van der Waals surface area contributed by atoms with E-state index in [1.807, 2.05) is 17.7 Å². The van der Waals surface area contributed by atoms with Gasteiger partial charge in [-0.15, -0.1) is 0 Å². The smallest absolute Gasteiger partial charge is 0.147 e. The predicted molar refractivity (Wildman–Crippen MR) is 85.8 cm³/mol. The summed E-state index contributed by atoms with van der Waals surface area (Å²) in [7, 11) is 1.88. The molecule has 1 N–H and O–H groups in total. The molecule has 0 amide bonds. The Morgan fingerprint density at radius 3 is 2.81 bits per heavy atom. The second-order valence-electron chi connectivity index (χ2n) is 5.17. The van der Waals surface area contributed by atoms with Crippen LogP contribution in [-0.4, -0.2) is 16.1 Å². The highest BCUT2D eigenvalue weighted by molar-refractivity contribution is 6.29. The molecule has 4 nitrogen and oxygen atoms in total. The lowest BCUT2D eigenvalue weighted by atomic mass is 10.0. The van der Waals surface area contributed by atoms with Gasteiger partial charge in [-0.3, -0.25) is 0 Å². The predicted octanol–water partition coefficient (Wildman–Crippen LogP) is 3.63. The highest BCUT2D eigenvalue weighted by Crippen LogP contribution is 2.27. The van der Waals surface area contributed by atoms with Gasteiger partial charge in [0, 0.05) is 18.7 Å². The molecule has 1 aromatic carbocycles. The molecule has 1 heterocycles. The summed E-state index contributed by atoms with van der Waals surface area (Å²) in [6.45, 7) is 7.65. The summed E-state index contributed by atoms with van der Waals surface area (Å²) >= 11 is 5.99. The van der Waals surface area contributed by atoms with Gasteiger partial charge < -0.3 is 14.6 Å². The largest absolute Gasteiger partial charge is 0.485 e. The molecule has 0 saturated carbocycles. The minimum absolute atomic E-state index is 0.245. The van der Waals surface area contributed by atoms with Gasteiger partial charge >= 0.3 is 0 Å². The van der Waals surface area contributed by atoms with Crippen molar-refractivity contribution in [2.45, 2.75) is 33.4 Å². The van der Waals surface area contributed by atoms with Crippen molar-refractivity contribution in [2.75, 3.05) is 6.54 Å². The van der Waals surface area contributed by atoms with E-state index in [1.165, 1.54) is 5.56 Å². The van der Waals surface area contributed by atoms with Crippen LogP contribution in [0.25, 0.3) is 0 Å². The lowest BCUT2D eigenvalue weighted by Gasteiger charge is -2.18. The number of halogens is 1. The van der Waals surface area contributed by atoms with Crippen molar-refractivity contribution in [1.82, 2.24) is 14.9 Å². The van der Waals surface area contributed by atoms with E-state index in [1.54, 1.807) is 6.20 Å². The summed E-state index contributed by atoms with van der Waals surface area (Å²) in [5.74, 6) is 1.69. The van der Waals surface area contributed by atoms with Crippen molar-refractivity contribution in [1.29, 1.82) is 0 Å². The summed E-state index contributed by atoms with van der Waals surface area (Å²) in [4.78, 5) is 4.25. The molecule has 1 unspecified atom stereocenters. The molecule has 0 fully saturated rings. The molecule has 5 heteroatoms. The molecule has 0 aliphatic heterocycles. The Bertz CT molecular complexity index is 610. The first-order valence-electron chi connectivity index (χ1n) is 7.15. The molecular weight excluding hydrogens is 286 g/mol. The average molecular weight is 308 g/mol. The molecule has 114 valence electrons. The Balaban J connectivity index is 2.17. The molecule has 2 rings (SSSR count). The van der Waals surface area contributed by atoms with Crippen LogP contribution in [0.5, 0.6) is 5.75 Å². The number of ether oxygens (including phenoxy) is 1. The van der Waals surface area contributed by atoms with E-state index in [9.17, 15) is 0 Å². The Hall–Kier alpha value is -1.52. The number of hydrogen-bond donors (Lipinski definition) is 1. The van der Waals surface area contributed by atoms with Crippen LogP contribution in [0.3, 0.4) is 0 Å². The van der Waals surface area contributed by atoms with Gasteiger partial charge in [-0.1, -0.05) is 36.2 Å². The van der Waals surface area contributed by atoms with Gasteiger partial charge in [-0.05, 0) is 26.5 Å². The Morgan fingerprint density at radius 1 is 1.43 bits per heavy atom. The van der Waals surface area contributed by atoms with E-state index in [-0.39, 0.29) is 6.04 Å². The zero-order valence-electron chi connectivity index (χ0n) is 13.0. The number of nitrogens with zero attached hydrogens (tertiary/aromatic N) is 2. The third-order valence-electron chi connectivity index (χ3n) is 3.53. The van der Waals surface area contributed by atoms with Crippen molar-refractivity contribution >= 4 is 11.6 Å². The van der Waals surface area contributed by atoms with Crippen molar-refractivity contribution < 1.29 is 4.74 Å². The number of benzene rings is 1. The number of aromatic nitrogens is 2. The standard InChI is InChI=1S/C16H22ClN3O/c1-5-18-12(3)13-8-11(2)6-7-14(13)21-10-16-19-9-15(17)20(16)4/h6-9,12,18H,5,10H2,1-4H3. The number of hydrogen-bond acceptors (Lipinski definition) is 3. The van der Waals surface area contributed by atoms with E-state index in [4.69, 9.17) is 16.3 Å². The zero-order chi connectivity index (χ0) is 15.4. The van der Waals surface area contributed by atoms with Crippen LogP contribution in [0.2, 0.25) is 5.15 Å². The number of nitrogens with one attached hydrogen (secondary N) is 1. The molecule has 0 bridgehead atoms. The van der Waals surface area contributed by atoms with Crippen LogP contribution in [-0.2, 0) is 13.7 Å². The monoisotopic (exact) mass is 307 g/mol. The maximum absolute atomic E-state index is 5.99. The second kappa shape index (κ2) is 6.96. The van der Waals surface area contributed by atoms with Crippen LogP contribution >= 0.6 is 11.6 Å². The third kappa shape index (κ3) is 3.77. The van der Waals surface area contributed by atoms with Gasteiger partial charge in [-0.2, -0.15) is 0 Å². The minimum Gasteiger partial charge on any atom is -0.485 e. The first-order chi connectivity index (χ1) is 10.0. The van der Waals surface area contributed by atoms with Gasteiger partial charge in [0.05, 0.1) is 6.20 Å².